The summed E-state index contributed by atoms with van der Waals surface area (Å²) in [5, 5.41) is 14.9. The van der Waals surface area contributed by atoms with Gasteiger partial charge in [-0.3, -0.25) is 14.9 Å². The SMILES string of the molecule is COc1nc(N2CCC(N3CCN(C)CC3)CC2)c(C)cc1Nc1ncc(Br)c(Nc2ccc3nccnc3c2P(C)(C)=S)n1.O=C(O)C(F)(F)F. The van der Waals surface area contributed by atoms with Crippen LogP contribution in [0.25, 0.3) is 11.0 Å². The molecule has 19 heteroatoms. The summed E-state index contributed by atoms with van der Waals surface area (Å²) < 4.78 is 38.2. The molecule has 0 saturated carbocycles. The predicted molar refractivity (Wildman–Crippen MR) is 205 cm³/mol. The molecule has 0 atom stereocenters. The number of piperidine rings is 1. The second-order valence-electron chi connectivity index (χ2n) is 12.9. The number of carboxylic acids is 1. The molecule has 0 radical (unpaired) electrons. The van der Waals surface area contributed by atoms with Gasteiger partial charge in [-0.05, 0) is 85.9 Å². The number of nitrogens with one attached hydrogen (secondary N) is 2. The minimum Gasteiger partial charge on any atom is -0.479 e. The van der Waals surface area contributed by atoms with Crippen LogP contribution < -0.4 is 25.6 Å². The van der Waals surface area contributed by atoms with E-state index in [1.165, 1.54) is 0 Å². The van der Waals surface area contributed by atoms with Gasteiger partial charge in [0.15, 0.2) is 0 Å². The third kappa shape index (κ3) is 9.64. The zero-order valence-corrected chi connectivity index (χ0v) is 32.7. The average Bonchev–Trinajstić information content (AvgIpc) is 3.09. The molecule has 52 heavy (non-hydrogen) atoms. The van der Waals surface area contributed by atoms with Crippen LogP contribution in [0.15, 0.2) is 41.3 Å². The van der Waals surface area contributed by atoms with Gasteiger partial charge in [-0.25, -0.2) is 9.78 Å². The Bertz CT molecular complexity index is 1950. The molecule has 0 spiro atoms. The van der Waals surface area contributed by atoms with Gasteiger partial charge in [0.05, 0.1) is 28.3 Å². The first-order valence-corrected chi connectivity index (χ1v) is 20.9. The fraction of sp³-hybridized carbons (Fsp3) is 0.455. The van der Waals surface area contributed by atoms with Gasteiger partial charge in [0, 0.05) is 69.2 Å². The highest BCUT2D eigenvalue weighted by atomic mass is 79.9. The highest BCUT2D eigenvalue weighted by molar-refractivity contribution is 9.10. The summed E-state index contributed by atoms with van der Waals surface area (Å²) in [6.45, 7) is 12.9. The number of carbonyl (C=O) groups is 1. The van der Waals surface area contributed by atoms with Crippen LogP contribution in [-0.2, 0) is 16.6 Å². The third-order valence-corrected chi connectivity index (χ3v) is 11.5. The molecule has 0 aliphatic carbocycles. The van der Waals surface area contributed by atoms with E-state index in [0.29, 0.717) is 29.4 Å². The van der Waals surface area contributed by atoms with Crippen molar-refractivity contribution < 1.29 is 27.8 Å². The van der Waals surface area contributed by atoms with Crippen molar-refractivity contribution >= 4 is 85.0 Å². The number of hydrogen-bond donors (Lipinski definition) is 3. The van der Waals surface area contributed by atoms with Crippen LogP contribution in [0.2, 0.25) is 0 Å². The normalized spacial score (nSPS) is 16.3. The number of benzene rings is 1. The number of likely N-dealkylation sites (N-methyl/N-ethyl adjacent to an activating group) is 1. The number of anilines is 5. The number of aromatic nitrogens is 5. The number of rotatable bonds is 8. The first-order valence-electron chi connectivity index (χ1n) is 16.4. The molecule has 2 aliphatic rings. The van der Waals surface area contributed by atoms with Gasteiger partial charge in [0.1, 0.15) is 17.3 Å². The van der Waals surface area contributed by atoms with Crippen LogP contribution in [0.1, 0.15) is 18.4 Å². The van der Waals surface area contributed by atoms with E-state index < -0.39 is 18.2 Å². The molecule has 0 bridgehead atoms. The van der Waals surface area contributed by atoms with Crippen molar-refractivity contribution in [1.29, 1.82) is 0 Å². The minimum absolute atomic E-state index is 0.413. The van der Waals surface area contributed by atoms with Gasteiger partial charge < -0.3 is 30.3 Å². The third-order valence-electron chi connectivity index (χ3n) is 8.80. The largest absolute Gasteiger partial charge is 0.490 e. The Kier molecular flexibility index (Phi) is 12.6. The van der Waals surface area contributed by atoms with Crippen LogP contribution in [0.4, 0.5) is 42.1 Å². The maximum atomic E-state index is 10.6. The van der Waals surface area contributed by atoms with E-state index in [4.69, 9.17) is 36.4 Å². The zero-order valence-electron chi connectivity index (χ0n) is 29.4. The summed E-state index contributed by atoms with van der Waals surface area (Å²) in [5.41, 5.74) is 4.27. The lowest BCUT2D eigenvalue weighted by molar-refractivity contribution is -0.192. The molecule has 3 N–H and O–H groups in total. The van der Waals surface area contributed by atoms with Crippen molar-refractivity contribution in [2.45, 2.75) is 32.0 Å². The molecule has 2 saturated heterocycles. The van der Waals surface area contributed by atoms with Crippen molar-refractivity contribution in [2.75, 3.05) is 82.3 Å². The summed E-state index contributed by atoms with van der Waals surface area (Å²) in [7, 11) is 3.85. The number of hydrogen-bond acceptors (Lipinski definition) is 13. The minimum atomic E-state index is -5.08. The first-order chi connectivity index (χ1) is 24.5. The van der Waals surface area contributed by atoms with Gasteiger partial charge in [-0.1, -0.05) is 11.8 Å². The molecule has 1 aromatic carbocycles. The fourth-order valence-corrected chi connectivity index (χ4v) is 8.45. The van der Waals surface area contributed by atoms with Crippen molar-refractivity contribution in [3.63, 3.8) is 0 Å². The lowest BCUT2D eigenvalue weighted by atomic mass is 10.0. The molecule has 0 amide bonds. The van der Waals surface area contributed by atoms with E-state index in [9.17, 15) is 13.2 Å². The van der Waals surface area contributed by atoms with Crippen LogP contribution in [-0.4, -0.2) is 125 Å². The van der Waals surface area contributed by atoms with Gasteiger partial charge in [0.25, 0.3) is 0 Å². The number of aryl methyl sites for hydroxylation is 1. The van der Waals surface area contributed by atoms with Crippen molar-refractivity contribution in [2.24, 2.45) is 0 Å². The Morgan fingerprint density at radius 3 is 2.29 bits per heavy atom. The van der Waals surface area contributed by atoms with Crippen LogP contribution in [0.5, 0.6) is 5.88 Å². The van der Waals surface area contributed by atoms with Crippen LogP contribution in [0.3, 0.4) is 0 Å². The second-order valence-corrected chi connectivity index (χ2v) is 19.7. The van der Waals surface area contributed by atoms with E-state index in [-0.39, 0.29) is 0 Å². The van der Waals surface area contributed by atoms with Gasteiger partial charge in [-0.2, -0.15) is 23.1 Å². The van der Waals surface area contributed by atoms with Crippen LogP contribution >= 0.6 is 22.0 Å². The highest BCUT2D eigenvalue weighted by Crippen LogP contribution is 2.42. The van der Waals surface area contributed by atoms with E-state index >= 15 is 0 Å². The van der Waals surface area contributed by atoms with Gasteiger partial charge in [-0.15, -0.1) is 0 Å². The summed E-state index contributed by atoms with van der Waals surface area (Å²) >= 11 is 9.60. The molecule has 3 aromatic heterocycles. The fourth-order valence-electron chi connectivity index (χ4n) is 6.21. The number of ether oxygens (including phenoxy) is 1. The maximum Gasteiger partial charge on any atom is 0.490 e. The Hall–Kier alpha value is -3.70. The zero-order chi connectivity index (χ0) is 37.8. The molecular formula is C33H41BrF3N10O3PS. The van der Waals surface area contributed by atoms with Gasteiger partial charge in [0.2, 0.25) is 11.8 Å². The van der Waals surface area contributed by atoms with E-state index in [1.54, 1.807) is 25.7 Å². The lowest BCUT2D eigenvalue weighted by Crippen LogP contribution is -2.52. The number of fused-ring (bicyclic) bond motifs is 1. The van der Waals surface area contributed by atoms with E-state index in [1.807, 2.05) is 12.1 Å². The Morgan fingerprint density at radius 1 is 1.02 bits per heavy atom. The number of aliphatic carboxylic acids is 1. The standard InChI is InChI=1S/C31H40BrN10OPS.C2HF3O2/c1-20-18-25(30(43-3)39-29(20)42-12-8-21(9-13-42)41-16-14-40(2)15-17-41)37-31-35-19-22(32)28(38-31)36-24-7-6-23-26(34-11-10-33-23)27(24)44(4,5)45;3-2(4,5)1(6)7/h6-7,10-11,18-19,21H,8-9,12-17H2,1-5H3,(H2,35,36,37,38);(H,6,7). The first kappa shape index (κ1) is 39.5. The number of pyridine rings is 1. The molecule has 5 heterocycles. The number of piperazine rings is 1. The summed E-state index contributed by atoms with van der Waals surface area (Å²) in [6.07, 6.45) is 2.33. The summed E-state index contributed by atoms with van der Waals surface area (Å²) in [4.78, 5) is 39.7. The summed E-state index contributed by atoms with van der Waals surface area (Å²) in [5.74, 6) is -0.270. The molecule has 280 valence electrons. The Labute approximate surface area is 313 Å². The summed E-state index contributed by atoms with van der Waals surface area (Å²) in [6, 6.07) is 4.75. The van der Waals surface area contributed by atoms with E-state index in [0.717, 1.165) is 90.0 Å². The molecule has 0 unspecified atom stereocenters. The molecule has 6 rings (SSSR count). The molecular weight excluding hydrogens is 784 g/mol. The monoisotopic (exact) mass is 824 g/mol. The molecule has 13 nitrogen and oxygen atoms in total. The number of alkyl halides is 3. The average molecular weight is 826 g/mol. The number of nitrogens with zero attached hydrogens (tertiary/aromatic N) is 8. The number of methoxy groups -OCH3 is 1. The molecule has 2 aliphatic heterocycles. The Balaban J connectivity index is 0.000000679. The predicted octanol–water partition coefficient (Wildman–Crippen LogP) is 5.60. The van der Waals surface area contributed by atoms with E-state index in [2.05, 4.69) is 89.6 Å². The number of halogens is 4. The van der Waals surface area contributed by atoms with Crippen LogP contribution in [0, 0.1) is 6.92 Å². The van der Waals surface area contributed by atoms with Crippen molar-refractivity contribution in [1.82, 2.24) is 34.7 Å². The highest BCUT2D eigenvalue weighted by Gasteiger charge is 2.38. The molecule has 2 fully saturated rings. The smallest absolute Gasteiger partial charge is 0.479 e. The number of carboxylic acid groups (broad SMARTS) is 1. The lowest BCUT2D eigenvalue weighted by Gasteiger charge is -2.42. The topological polar surface area (TPSA) is 145 Å². The van der Waals surface area contributed by atoms with Gasteiger partial charge >= 0.3 is 12.1 Å². The Morgan fingerprint density at radius 2 is 1.67 bits per heavy atom. The second kappa shape index (κ2) is 16.5. The quantitative estimate of drug-likeness (QED) is 0.190. The maximum absolute atomic E-state index is 10.6. The van der Waals surface area contributed by atoms with Crippen molar-refractivity contribution in [3.8, 4) is 5.88 Å². The van der Waals surface area contributed by atoms with Crippen molar-refractivity contribution in [3.05, 3.63) is 46.8 Å². The molecule has 4 aromatic rings.